The Bertz CT molecular complexity index is 771. The van der Waals surface area contributed by atoms with Crippen molar-refractivity contribution in [1.82, 2.24) is 25.3 Å². The Labute approximate surface area is 115 Å². The molecule has 6 nitrogen and oxygen atoms in total. The number of rotatable bonds is 3. The highest BCUT2D eigenvalue weighted by atomic mass is 16.1. The summed E-state index contributed by atoms with van der Waals surface area (Å²) in [7, 11) is 1.87. The van der Waals surface area contributed by atoms with Crippen molar-refractivity contribution in [1.29, 1.82) is 0 Å². The lowest BCUT2D eigenvalue weighted by atomic mass is 10.1. The summed E-state index contributed by atoms with van der Waals surface area (Å²) >= 11 is 0. The van der Waals surface area contributed by atoms with Gasteiger partial charge in [0.1, 0.15) is 0 Å². The van der Waals surface area contributed by atoms with Crippen molar-refractivity contribution in [2.45, 2.75) is 13.5 Å². The normalized spacial score (nSPS) is 10.9. The van der Waals surface area contributed by atoms with Gasteiger partial charge in [0, 0.05) is 36.3 Å². The molecule has 0 atom stereocenters. The first-order chi connectivity index (χ1) is 9.63. The average molecular weight is 269 g/mol. The molecule has 0 aliphatic rings. The number of aryl methyl sites for hydroxylation is 2. The fraction of sp³-hybridized carbons (Fsp3) is 0.214. The van der Waals surface area contributed by atoms with E-state index in [0.717, 1.165) is 22.2 Å². The van der Waals surface area contributed by atoms with Crippen LogP contribution in [-0.2, 0) is 13.6 Å². The molecule has 2 aromatic heterocycles. The van der Waals surface area contributed by atoms with E-state index in [1.54, 1.807) is 23.0 Å². The van der Waals surface area contributed by atoms with Gasteiger partial charge < -0.3 is 5.32 Å². The molecule has 6 heteroatoms. The Kier molecular flexibility index (Phi) is 2.98. The number of hydrogen-bond donors (Lipinski definition) is 2. The molecule has 1 amide bonds. The van der Waals surface area contributed by atoms with Gasteiger partial charge in [0.15, 0.2) is 0 Å². The van der Waals surface area contributed by atoms with Crippen LogP contribution in [0.1, 0.15) is 21.6 Å². The number of H-pyrrole nitrogens is 1. The highest BCUT2D eigenvalue weighted by Crippen LogP contribution is 2.13. The number of nitrogens with zero attached hydrogens (tertiary/aromatic N) is 3. The molecule has 3 rings (SSSR count). The maximum atomic E-state index is 12.1. The minimum Gasteiger partial charge on any atom is -0.348 e. The molecular formula is C14H15N5O. The lowest BCUT2D eigenvalue weighted by Crippen LogP contribution is -2.22. The van der Waals surface area contributed by atoms with Crippen LogP contribution in [0, 0.1) is 6.92 Å². The van der Waals surface area contributed by atoms with Gasteiger partial charge in [0.2, 0.25) is 0 Å². The zero-order chi connectivity index (χ0) is 14.1. The number of hydrogen-bond acceptors (Lipinski definition) is 3. The van der Waals surface area contributed by atoms with Crippen molar-refractivity contribution in [2.24, 2.45) is 7.05 Å². The molecular weight excluding hydrogens is 254 g/mol. The summed E-state index contributed by atoms with van der Waals surface area (Å²) in [6.45, 7) is 2.40. The topological polar surface area (TPSA) is 75.6 Å². The van der Waals surface area contributed by atoms with Crippen LogP contribution >= 0.6 is 0 Å². The molecule has 3 aromatic rings. The van der Waals surface area contributed by atoms with Gasteiger partial charge in [-0.3, -0.25) is 14.6 Å². The molecule has 1 aromatic carbocycles. The smallest absolute Gasteiger partial charge is 0.251 e. The molecule has 0 unspecified atom stereocenters. The molecule has 0 saturated heterocycles. The van der Waals surface area contributed by atoms with Gasteiger partial charge in [0.05, 0.1) is 17.4 Å². The molecule has 2 N–H and O–H groups in total. The van der Waals surface area contributed by atoms with Crippen molar-refractivity contribution < 1.29 is 4.79 Å². The van der Waals surface area contributed by atoms with E-state index in [0.29, 0.717) is 12.1 Å². The van der Waals surface area contributed by atoms with E-state index >= 15 is 0 Å². The lowest BCUT2D eigenvalue weighted by Gasteiger charge is -2.04. The average Bonchev–Trinajstić information content (AvgIpc) is 3.01. The van der Waals surface area contributed by atoms with Crippen molar-refractivity contribution in [3.8, 4) is 0 Å². The number of carbonyl (C=O) groups excluding carboxylic acids is 1. The van der Waals surface area contributed by atoms with Gasteiger partial charge in [-0.1, -0.05) is 6.07 Å². The molecule has 0 fully saturated rings. The highest BCUT2D eigenvalue weighted by Gasteiger charge is 2.09. The first-order valence-electron chi connectivity index (χ1n) is 6.34. The molecule has 0 spiro atoms. The summed E-state index contributed by atoms with van der Waals surface area (Å²) in [4.78, 5) is 12.1. The summed E-state index contributed by atoms with van der Waals surface area (Å²) in [5.41, 5.74) is 3.42. The van der Waals surface area contributed by atoms with Gasteiger partial charge in [-0.25, -0.2) is 0 Å². The molecule has 0 radical (unpaired) electrons. The fourth-order valence-corrected chi connectivity index (χ4v) is 2.18. The van der Waals surface area contributed by atoms with Crippen LogP contribution in [0.3, 0.4) is 0 Å². The molecule has 0 aliphatic heterocycles. The van der Waals surface area contributed by atoms with E-state index < -0.39 is 0 Å². The maximum absolute atomic E-state index is 12.1. The molecule has 2 heterocycles. The van der Waals surface area contributed by atoms with Crippen molar-refractivity contribution in [3.63, 3.8) is 0 Å². The van der Waals surface area contributed by atoms with Crippen molar-refractivity contribution in [2.75, 3.05) is 0 Å². The maximum Gasteiger partial charge on any atom is 0.251 e. The number of aromatic nitrogens is 4. The number of amides is 1. The van der Waals surface area contributed by atoms with E-state index in [-0.39, 0.29) is 5.91 Å². The number of aromatic amines is 1. The van der Waals surface area contributed by atoms with Crippen LogP contribution in [0.5, 0.6) is 0 Å². The standard InChI is InChI=1S/C14H15N5O/c1-9-12(8-19(2)18-9)6-15-14(20)10-3-4-11-7-16-17-13(11)5-10/h3-5,7-8H,6H2,1-2H3,(H,15,20)(H,16,17). The number of carbonyl (C=O) groups is 1. The number of benzene rings is 1. The predicted molar refractivity (Wildman–Crippen MR) is 75.2 cm³/mol. The summed E-state index contributed by atoms with van der Waals surface area (Å²) in [5, 5.41) is 14.9. The largest absolute Gasteiger partial charge is 0.348 e. The zero-order valence-electron chi connectivity index (χ0n) is 11.3. The zero-order valence-corrected chi connectivity index (χ0v) is 11.3. The Morgan fingerprint density at radius 2 is 2.30 bits per heavy atom. The molecule has 20 heavy (non-hydrogen) atoms. The van der Waals surface area contributed by atoms with Crippen LogP contribution in [0.2, 0.25) is 0 Å². The van der Waals surface area contributed by atoms with Gasteiger partial charge in [-0.2, -0.15) is 10.2 Å². The molecule has 0 aliphatic carbocycles. The second-order valence-corrected chi connectivity index (χ2v) is 4.77. The molecule has 0 bridgehead atoms. The van der Waals surface area contributed by atoms with Crippen molar-refractivity contribution in [3.05, 3.63) is 47.4 Å². The lowest BCUT2D eigenvalue weighted by molar-refractivity contribution is 0.0951. The Morgan fingerprint density at radius 3 is 3.05 bits per heavy atom. The monoisotopic (exact) mass is 269 g/mol. The summed E-state index contributed by atoms with van der Waals surface area (Å²) in [6.07, 6.45) is 3.64. The van der Waals surface area contributed by atoms with E-state index in [1.807, 2.05) is 26.2 Å². The second-order valence-electron chi connectivity index (χ2n) is 4.77. The van der Waals surface area contributed by atoms with E-state index in [9.17, 15) is 4.79 Å². The fourth-order valence-electron chi connectivity index (χ4n) is 2.18. The third-order valence-corrected chi connectivity index (χ3v) is 3.26. The summed E-state index contributed by atoms with van der Waals surface area (Å²) in [5.74, 6) is -0.107. The Hall–Kier alpha value is -2.63. The van der Waals surface area contributed by atoms with Gasteiger partial charge in [0.25, 0.3) is 5.91 Å². The second kappa shape index (κ2) is 4.80. The van der Waals surface area contributed by atoms with E-state index in [1.165, 1.54) is 0 Å². The third-order valence-electron chi connectivity index (χ3n) is 3.26. The Morgan fingerprint density at radius 1 is 1.45 bits per heavy atom. The minimum absolute atomic E-state index is 0.107. The van der Waals surface area contributed by atoms with Crippen LogP contribution in [0.15, 0.2) is 30.6 Å². The third kappa shape index (κ3) is 2.27. The SMILES string of the molecule is Cc1nn(C)cc1CNC(=O)c1ccc2cn[nH]c2c1. The van der Waals surface area contributed by atoms with Gasteiger partial charge >= 0.3 is 0 Å². The van der Waals surface area contributed by atoms with Crippen molar-refractivity contribution >= 4 is 16.8 Å². The predicted octanol–water partition coefficient (Wildman–Crippen LogP) is 1.53. The van der Waals surface area contributed by atoms with Crippen LogP contribution in [0.4, 0.5) is 0 Å². The van der Waals surface area contributed by atoms with Crippen LogP contribution in [-0.4, -0.2) is 25.9 Å². The molecule has 0 saturated carbocycles. The summed E-state index contributed by atoms with van der Waals surface area (Å²) in [6, 6.07) is 5.47. The van der Waals surface area contributed by atoms with Crippen LogP contribution in [0.25, 0.3) is 10.9 Å². The first kappa shape index (κ1) is 12.4. The highest BCUT2D eigenvalue weighted by molar-refractivity contribution is 5.97. The van der Waals surface area contributed by atoms with Gasteiger partial charge in [-0.05, 0) is 19.1 Å². The first-order valence-corrected chi connectivity index (χ1v) is 6.34. The van der Waals surface area contributed by atoms with Crippen LogP contribution < -0.4 is 5.32 Å². The van der Waals surface area contributed by atoms with E-state index in [2.05, 4.69) is 20.6 Å². The summed E-state index contributed by atoms with van der Waals surface area (Å²) < 4.78 is 1.74. The Balaban J connectivity index is 1.74. The number of nitrogens with one attached hydrogen (secondary N) is 2. The minimum atomic E-state index is -0.107. The molecule has 102 valence electrons. The van der Waals surface area contributed by atoms with Gasteiger partial charge in [-0.15, -0.1) is 0 Å². The number of fused-ring (bicyclic) bond motifs is 1. The van der Waals surface area contributed by atoms with E-state index in [4.69, 9.17) is 0 Å². The quantitative estimate of drug-likeness (QED) is 0.757.